The molecule has 1 saturated carbocycles. The van der Waals surface area contributed by atoms with Crippen LogP contribution in [0.2, 0.25) is 0 Å². The smallest absolute Gasteiger partial charge is 0.232 e. The molecule has 0 atom stereocenters. The van der Waals surface area contributed by atoms with Gasteiger partial charge in [0.25, 0.3) is 0 Å². The number of benzene rings is 2. The molecule has 0 saturated heterocycles. The second kappa shape index (κ2) is 6.49. The van der Waals surface area contributed by atoms with Crippen LogP contribution in [0.4, 0.5) is 0 Å². The lowest BCUT2D eigenvalue weighted by atomic mass is 9.81. The van der Waals surface area contributed by atoms with E-state index in [1.807, 2.05) is 24.3 Å². The summed E-state index contributed by atoms with van der Waals surface area (Å²) in [7, 11) is 0. The molecule has 0 spiro atoms. The van der Waals surface area contributed by atoms with Crippen LogP contribution in [0.25, 0.3) is 0 Å². The van der Waals surface area contributed by atoms with Crippen LogP contribution in [-0.2, 0) is 6.54 Å². The second-order valence-corrected chi connectivity index (χ2v) is 7.81. The zero-order valence-corrected chi connectivity index (χ0v) is 15.6. The normalized spacial score (nSPS) is 20.4. The molecule has 1 fully saturated rings. The molecular formula is C24H23NO2. The lowest BCUT2D eigenvalue weighted by molar-refractivity contribution is 0.101. The van der Waals surface area contributed by atoms with Crippen molar-refractivity contribution in [3.05, 3.63) is 76.1 Å². The maximum Gasteiger partial charge on any atom is 0.232 e. The van der Waals surface area contributed by atoms with Crippen molar-refractivity contribution in [2.24, 2.45) is 4.99 Å². The van der Waals surface area contributed by atoms with Gasteiger partial charge in [0.05, 0.1) is 17.8 Å². The molecule has 3 aliphatic rings. The lowest BCUT2D eigenvalue weighted by Crippen LogP contribution is -2.08. The van der Waals surface area contributed by atoms with E-state index in [1.54, 1.807) is 0 Å². The molecule has 2 aromatic rings. The van der Waals surface area contributed by atoms with Crippen LogP contribution in [0.3, 0.4) is 0 Å². The molecule has 3 nitrogen and oxygen atoms in total. The predicted octanol–water partition coefficient (Wildman–Crippen LogP) is 5.50. The average molecular weight is 357 g/mol. The predicted molar refractivity (Wildman–Crippen MR) is 107 cm³/mol. The largest absolute Gasteiger partial charge is 0.452 e. The van der Waals surface area contributed by atoms with E-state index in [2.05, 4.69) is 30.1 Å². The van der Waals surface area contributed by atoms with E-state index in [-0.39, 0.29) is 5.78 Å². The molecule has 2 aliphatic heterocycles. The number of aliphatic imine (C=N–C) groups is 1. The van der Waals surface area contributed by atoms with Gasteiger partial charge in [0.1, 0.15) is 5.75 Å². The quantitative estimate of drug-likeness (QED) is 0.665. The molecule has 0 bridgehead atoms. The third kappa shape index (κ3) is 2.73. The molecule has 1 aliphatic carbocycles. The highest BCUT2D eigenvalue weighted by molar-refractivity contribution is 6.19. The Morgan fingerprint density at radius 2 is 1.85 bits per heavy atom. The summed E-state index contributed by atoms with van der Waals surface area (Å²) in [5, 5.41) is 0. The number of carbonyl (C=O) groups is 1. The van der Waals surface area contributed by atoms with Crippen molar-refractivity contribution >= 4 is 11.5 Å². The average Bonchev–Trinajstić information content (AvgIpc) is 3.24. The Hall–Kier alpha value is -2.68. The molecule has 0 N–H and O–H groups in total. The second-order valence-electron chi connectivity index (χ2n) is 7.81. The van der Waals surface area contributed by atoms with E-state index in [4.69, 9.17) is 4.74 Å². The van der Waals surface area contributed by atoms with Gasteiger partial charge in [0.15, 0.2) is 5.76 Å². The third-order valence-corrected chi connectivity index (χ3v) is 6.09. The van der Waals surface area contributed by atoms with Crippen molar-refractivity contribution in [2.45, 2.75) is 51.5 Å². The van der Waals surface area contributed by atoms with E-state index in [9.17, 15) is 4.79 Å². The Labute approximate surface area is 159 Å². The Morgan fingerprint density at radius 3 is 2.70 bits per heavy atom. The lowest BCUT2D eigenvalue weighted by Gasteiger charge is -2.25. The standard InChI is InChI=1S/C24H23NO2/c1-15-11-12-19-23(26)21(13-20-18-10-6-5-9-17(18)14-25-20)27-24(19)22(15)16-7-3-2-4-8-16/h5-6,9-13,16H,2-4,7-8,14H2,1H3/b21-13-. The van der Waals surface area contributed by atoms with Crippen molar-refractivity contribution in [3.8, 4) is 5.75 Å². The van der Waals surface area contributed by atoms with Crippen molar-refractivity contribution in [3.63, 3.8) is 0 Å². The summed E-state index contributed by atoms with van der Waals surface area (Å²) >= 11 is 0. The summed E-state index contributed by atoms with van der Waals surface area (Å²) < 4.78 is 6.19. The number of hydrogen-bond acceptors (Lipinski definition) is 3. The summed E-state index contributed by atoms with van der Waals surface area (Å²) in [6.45, 7) is 2.81. The highest BCUT2D eigenvalue weighted by Gasteiger charge is 2.33. The van der Waals surface area contributed by atoms with E-state index in [1.165, 1.54) is 48.8 Å². The molecule has 0 aromatic heterocycles. The van der Waals surface area contributed by atoms with E-state index in [0.717, 1.165) is 17.0 Å². The van der Waals surface area contributed by atoms with Gasteiger partial charge in [-0.1, -0.05) is 49.6 Å². The van der Waals surface area contributed by atoms with E-state index < -0.39 is 0 Å². The number of allylic oxidation sites excluding steroid dienone is 2. The molecule has 0 unspecified atom stereocenters. The zero-order chi connectivity index (χ0) is 18.4. The van der Waals surface area contributed by atoms with Crippen molar-refractivity contribution in [2.75, 3.05) is 0 Å². The number of rotatable bonds is 2. The summed E-state index contributed by atoms with van der Waals surface area (Å²) in [5.41, 5.74) is 6.33. The van der Waals surface area contributed by atoms with Crippen molar-refractivity contribution in [1.82, 2.24) is 0 Å². The van der Waals surface area contributed by atoms with E-state index >= 15 is 0 Å². The van der Waals surface area contributed by atoms with Gasteiger partial charge in [0.2, 0.25) is 5.78 Å². The Bertz CT molecular complexity index is 993. The topological polar surface area (TPSA) is 38.7 Å². The van der Waals surface area contributed by atoms with Crippen LogP contribution >= 0.6 is 0 Å². The first kappa shape index (κ1) is 16.5. The Morgan fingerprint density at radius 1 is 1.04 bits per heavy atom. The minimum absolute atomic E-state index is 0.0193. The third-order valence-electron chi connectivity index (χ3n) is 6.09. The molecule has 2 aromatic carbocycles. The van der Waals surface area contributed by atoms with Crippen molar-refractivity contribution in [1.29, 1.82) is 0 Å². The first-order valence-corrected chi connectivity index (χ1v) is 9.93. The fourth-order valence-corrected chi connectivity index (χ4v) is 4.68. The number of carbonyl (C=O) groups excluding carboxylic acids is 1. The molecule has 5 rings (SSSR count). The molecule has 0 radical (unpaired) electrons. The number of aryl methyl sites for hydroxylation is 1. The summed E-state index contributed by atoms with van der Waals surface area (Å²) in [6.07, 6.45) is 8.04. The SMILES string of the molecule is Cc1ccc2c(c1C1CCCCC1)O/C(=C\C1=NCc3ccccc31)C2=O. The maximum absolute atomic E-state index is 13.0. The van der Waals surface area contributed by atoms with Crippen LogP contribution < -0.4 is 4.74 Å². The van der Waals surface area contributed by atoms with Gasteiger partial charge in [-0.05, 0) is 42.9 Å². The summed E-state index contributed by atoms with van der Waals surface area (Å²) in [6, 6.07) is 12.2. The molecular weight excluding hydrogens is 334 g/mol. The first-order valence-electron chi connectivity index (χ1n) is 9.93. The van der Waals surface area contributed by atoms with Crippen LogP contribution in [0.1, 0.15) is 70.6 Å². The summed E-state index contributed by atoms with van der Waals surface area (Å²) in [4.78, 5) is 17.6. The molecule has 27 heavy (non-hydrogen) atoms. The van der Waals surface area contributed by atoms with Gasteiger partial charge in [-0.2, -0.15) is 0 Å². The number of fused-ring (bicyclic) bond motifs is 2. The highest BCUT2D eigenvalue weighted by atomic mass is 16.5. The number of hydrogen-bond donors (Lipinski definition) is 0. The number of ether oxygens (including phenoxy) is 1. The Balaban J connectivity index is 1.52. The molecule has 0 amide bonds. The molecule has 136 valence electrons. The van der Waals surface area contributed by atoms with Crippen LogP contribution in [0, 0.1) is 6.92 Å². The van der Waals surface area contributed by atoms with Gasteiger partial charge in [-0.3, -0.25) is 9.79 Å². The fourth-order valence-electron chi connectivity index (χ4n) is 4.68. The molecule has 3 heteroatoms. The van der Waals surface area contributed by atoms with E-state index in [0.29, 0.717) is 23.8 Å². The maximum atomic E-state index is 13.0. The van der Waals surface area contributed by atoms with Crippen molar-refractivity contribution < 1.29 is 9.53 Å². The van der Waals surface area contributed by atoms with Crippen LogP contribution in [0.15, 0.2) is 53.2 Å². The van der Waals surface area contributed by atoms with Gasteiger partial charge in [-0.25, -0.2) is 0 Å². The van der Waals surface area contributed by atoms with Gasteiger partial charge < -0.3 is 4.74 Å². The highest BCUT2D eigenvalue weighted by Crippen LogP contribution is 2.44. The number of ketones is 1. The first-order chi connectivity index (χ1) is 13.2. The fraction of sp³-hybridized carbons (Fsp3) is 0.333. The van der Waals surface area contributed by atoms with Crippen LogP contribution in [0.5, 0.6) is 5.75 Å². The number of Topliss-reactive ketones (excluding diaryl/α,β-unsaturated/α-hetero) is 1. The molecule has 2 heterocycles. The minimum Gasteiger partial charge on any atom is -0.452 e. The summed E-state index contributed by atoms with van der Waals surface area (Å²) in [5.74, 6) is 1.69. The van der Waals surface area contributed by atoms with Gasteiger partial charge >= 0.3 is 0 Å². The monoisotopic (exact) mass is 357 g/mol. The van der Waals surface area contributed by atoms with Gasteiger partial charge in [0, 0.05) is 17.2 Å². The minimum atomic E-state index is -0.0193. The van der Waals surface area contributed by atoms with Gasteiger partial charge in [-0.15, -0.1) is 0 Å². The number of nitrogens with zero attached hydrogens (tertiary/aromatic N) is 1. The van der Waals surface area contributed by atoms with Crippen LogP contribution in [-0.4, -0.2) is 11.5 Å². The Kier molecular flexibility index (Phi) is 3.96. The zero-order valence-electron chi connectivity index (χ0n) is 15.6.